The van der Waals surface area contributed by atoms with Crippen LogP contribution in [-0.4, -0.2) is 20.7 Å². The first-order valence-corrected chi connectivity index (χ1v) is 5.53. The van der Waals surface area contributed by atoms with Gasteiger partial charge in [-0.15, -0.1) is 0 Å². The standard InChI is InChI=1S/C12H13FN4O/c1-8(2)17-7-10(6-15-17)16-12(18)9-3-4-14-11(13)5-9/h3-8H,1-2H3,(H,16,18). The number of hydrogen-bond acceptors (Lipinski definition) is 3. The quantitative estimate of drug-likeness (QED) is 0.847. The molecule has 0 fully saturated rings. The van der Waals surface area contributed by atoms with Crippen LogP contribution in [0.5, 0.6) is 0 Å². The van der Waals surface area contributed by atoms with E-state index in [-0.39, 0.29) is 17.5 Å². The fourth-order valence-corrected chi connectivity index (χ4v) is 1.43. The van der Waals surface area contributed by atoms with Crippen molar-refractivity contribution in [2.24, 2.45) is 0 Å². The predicted octanol–water partition coefficient (Wildman–Crippen LogP) is 2.25. The molecular formula is C12H13FN4O. The van der Waals surface area contributed by atoms with Gasteiger partial charge in [-0.3, -0.25) is 9.48 Å². The molecule has 2 aromatic heterocycles. The van der Waals surface area contributed by atoms with Crippen molar-refractivity contribution < 1.29 is 9.18 Å². The molecule has 0 spiro atoms. The fourth-order valence-electron chi connectivity index (χ4n) is 1.43. The second kappa shape index (κ2) is 4.95. The summed E-state index contributed by atoms with van der Waals surface area (Å²) in [4.78, 5) is 15.2. The number of aromatic nitrogens is 3. The van der Waals surface area contributed by atoms with Crippen molar-refractivity contribution in [1.82, 2.24) is 14.8 Å². The van der Waals surface area contributed by atoms with E-state index >= 15 is 0 Å². The first kappa shape index (κ1) is 12.2. The topological polar surface area (TPSA) is 59.8 Å². The Balaban J connectivity index is 2.11. The number of rotatable bonds is 3. The molecule has 0 bridgehead atoms. The molecule has 0 atom stereocenters. The summed E-state index contributed by atoms with van der Waals surface area (Å²) in [6.45, 7) is 3.97. The van der Waals surface area contributed by atoms with E-state index in [0.717, 1.165) is 6.07 Å². The summed E-state index contributed by atoms with van der Waals surface area (Å²) in [5, 5.41) is 6.74. The van der Waals surface area contributed by atoms with Crippen LogP contribution >= 0.6 is 0 Å². The van der Waals surface area contributed by atoms with Gasteiger partial charge in [0.15, 0.2) is 0 Å². The third-order valence-corrected chi connectivity index (χ3v) is 2.38. The zero-order valence-electron chi connectivity index (χ0n) is 10.1. The second-order valence-electron chi connectivity index (χ2n) is 4.12. The first-order valence-electron chi connectivity index (χ1n) is 5.53. The summed E-state index contributed by atoms with van der Waals surface area (Å²) in [7, 11) is 0. The molecule has 0 radical (unpaired) electrons. The van der Waals surface area contributed by atoms with Crippen molar-refractivity contribution >= 4 is 11.6 Å². The number of pyridine rings is 1. The number of nitrogens with one attached hydrogen (secondary N) is 1. The smallest absolute Gasteiger partial charge is 0.255 e. The Morgan fingerprint density at radius 1 is 1.50 bits per heavy atom. The maximum atomic E-state index is 12.9. The highest BCUT2D eigenvalue weighted by molar-refractivity contribution is 6.04. The largest absolute Gasteiger partial charge is 0.319 e. The van der Waals surface area contributed by atoms with E-state index in [1.165, 1.54) is 12.3 Å². The van der Waals surface area contributed by atoms with E-state index < -0.39 is 5.95 Å². The lowest BCUT2D eigenvalue weighted by Crippen LogP contribution is -2.12. The van der Waals surface area contributed by atoms with Gasteiger partial charge in [-0.25, -0.2) is 4.98 Å². The molecule has 0 aromatic carbocycles. The molecule has 0 saturated carbocycles. The van der Waals surface area contributed by atoms with Crippen molar-refractivity contribution in [3.63, 3.8) is 0 Å². The number of nitrogens with zero attached hydrogens (tertiary/aromatic N) is 3. The van der Waals surface area contributed by atoms with Crippen LogP contribution in [0, 0.1) is 5.95 Å². The molecule has 1 N–H and O–H groups in total. The lowest BCUT2D eigenvalue weighted by molar-refractivity contribution is 0.102. The zero-order valence-corrected chi connectivity index (χ0v) is 10.1. The molecule has 18 heavy (non-hydrogen) atoms. The molecule has 0 aliphatic carbocycles. The van der Waals surface area contributed by atoms with Gasteiger partial charge in [0.1, 0.15) is 0 Å². The second-order valence-corrected chi connectivity index (χ2v) is 4.12. The Kier molecular flexibility index (Phi) is 3.36. The van der Waals surface area contributed by atoms with Gasteiger partial charge in [-0.1, -0.05) is 0 Å². The van der Waals surface area contributed by atoms with E-state index in [1.54, 1.807) is 17.1 Å². The van der Waals surface area contributed by atoms with Gasteiger partial charge < -0.3 is 5.32 Å². The summed E-state index contributed by atoms with van der Waals surface area (Å²) in [6, 6.07) is 2.75. The van der Waals surface area contributed by atoms with Crippen molar-refractivity contribution in [3.05, 3.63) is 42.2 Å². The Hall–Kier alpha value is -2.24. The van der Waals surface area contributed by atoms with Crippen LogP contribution in [0.3, 0.4) is 0 Å². The molecule has 0 saturated heterocycles. The van der Waals surface area contributed by atoms with Gasteiger partial charge in [-0.05, 0) is 19.9 Å². The maximum absolute atomic E-state index is 12.9. The number of halogens is 1. The Morgan fingerprint density at radius 3 is 2.89 bits per heavy atom. The highest BCUT2D eigenvalue weighted by Gasteiger charge is 2.09. The summed E-state index contributed by atoms with van der Waals surface area (Å²) in [6.07, 6.45) is 4.53. The molecule has 2 heterocycles. The fraction of sp³-hybridized carbons (Fsp3) is 0.250. The molecular weight excluding hydrogens is 235 g/mol. The molecule has 2 rings (SSSR count). The number of carbonyl (C=O) groups is 1. The minimum Gasteiger partial charge on any atom is -0.319 e. The summed E-state index contributed by atoms with van der Waals surface area (Å²) in [5.74, 6) is -1.07. The highest BCUT2D eigenvalue weighted by Crippen LogP contribution is 2.11. The van der Waals surface area contributed by atoms with Crippen LogP contribution in [0.15, 0.2) is 30.7 Å². The zero-order chi connectivity index (χ0) is 13.1. The van der Waals surface area contributed by atoms with Gasteiger partial charge in [0.25, 0.3) is 5.91 Å². The number of amides is 1. The lowest BCUT2D eigenvalue weighted by Gasteiger charge is -2.04. The van der Waals surface area contributed by atoms with Crippen LogP contribution in [0.1, 0.15) is 30.2 Å². The lowest BCUT2D eigenvalue weighted by atomic mass is 10.2. The Labute approximate surface area is 104 Å². The third kappa shape index (κ3) is 2.71. The van der Waals surface area contributed by atoms with Crippen LogP contribution < -0.4 is 5.32 Å². The van der Waals surface area contributed by atoms with Gasteiger partial charge in [0.05, 0.1) is 11.9 Å². The summed E-state index contributed by atoms with van der Waals surface area (Å²) in [5.41, 5.74) is 0.797. The molecule has 1 amide bonds. The van der Waals surface area contributed by atoms with Crippen molar-refractivity contribution in [2.45, 2.75) is 19.9 Å². The Bertz CT molecular complexity index is 565. The van der Waals surface area contributed by atoms with Crippen LogP contribution in [0.4, 0.5) is 10.1 Å². The van der Waals surface area contributed by atoms with E-state index in [4.69, 9.17) is 0 Å². The molecule has 5 nitrogen and oxygen atoms in total. The van der Waals surface area contributed by atoms with Crippen LogP contribution in [0.25, 0.3) is 0 Å². The normalized spacial score (nSPS) is 10.7. The number of hydrogen-bond donors (Lipinski definition) is 1. The monoisotopic (exact) mass is 248 g/mol. The number of anilines is 1. The highest BCUT2D eigenvalue weighted by atomic mass is 19.1. The molecule has 0 aliphatic heterocycles. The molecule has 2 aromatic rings. The molecule has 0 aliphatic rings. The van der Waals surface area contributed by atoms with Gasteiger partial charge in [0, 0.05) is 30.1 Å². The SMILES string of the molecule is CC(C)n1cc(NC(=O)c2ccnc(F)c2)cn1. The van der Waals surface area contributed by atoms with Gasteiger partial charge >= 0.3 is 0 Å². The maximum Gasteiger partial charge on any atom is 0.255 e. The van der Waals surface area contributed by atoms with Gasteiger partial charge in [0.2, 0.25) is 5.95 Å². The van der Waals surface area contributed by atoms with Crippen LogP contribution in [-0.2, 0) is 0 Å². The average Bonchev–Trinajstić information content (AvgIpc) is 2.77. The van der Waals surface area contributed by atoms with E-state index in [9.17, 15) is 9.18 Å². The Morgan fingerprint density at radius 2 is 2.28 bits per heavy atom. The minimum atomic E-state index is -0.680. The third-order valence-electron chi connectivity index (χ3n) is 2.38. The van der Waals surface area contributed by atoms with Crippen molar-refractivity contribution in [2.75, 3.05) is 5.32 Å². The molecule has 6 heteroatoms. The molecule has 94 valence electrons. The first-order chi connectivity index (χ1) is 8.56. The summed E-state index contributed by atoms with van der Waals surface area (Å²) >= 11 is 0. The number of carbonyl (C=O) groups excluding carboxylic acids is 1. The van der Waals surface area contributed by atoms with E-state index in [1.807, 2.05) is 13.8 Å². The van der Waals surface area contributed by atoms with E-state index in [2.05, 4.69) is 15.4 Å². The van der Waals surface area contributed by atoms with Crippen LogP contribution in [0.2, 0.25) is 0 Å². The minimum absolute atomic E-state index is 0.217. The molecule has 0 unspecified atom stereocenters. The van der Waals surface area contributed by atoms with Gasteiger partial charge in [-0.2, -0.15) is 9.49 Å². The van der Waals surface area contributed by atoms with Crippen molar-refractivity contribution in [1.29, 1.82) is 0 Å². The summed E-state index contributed by atoms with van der Waals surface area (Å²) < 4.78 is 14.6. The van der Waals surface area contributed by atoms with Crippen molar-refractivity contribution in [3.8, 4) is 0 Å². The van der Waals surface area contributed by atoms with E-state index in [0.29, 0.717) is 5.69 Å². The average molecular weight is 248 g/mol. The predicted molar refractivity (Wildman–Crippen MR) is 64.8 cm³/mol.